The van der Waals surface area contributed by atoms with Crippen LogP contribution >= 0.6 is 0 Å². The van der Waals surface area contributed by atoms with E-state index in [4.69, 9.17) is 4.99 Å². The molecule has 2 saturated heterocycles. The average Bonchev–Trinajstić information content (AvgIpc) is 3.27. The monoisotopic (exact) mass is 389 g/mol. The topological polar surface area (TPSA) is 69.0 Å². The predicted octanol–water partition coefficient (Wildman–Crippen LogP) is 1.15. The van der Waals surface area contributed by atoms with E-state index in [2.05, 4.69) is 41.0 Å². The number of piperazine rings is 1. The third kappa shape index (κ3) is 5.04. The first-order valence-electron chi connectivity index (χ1n) is 10.5. The average molecular weight is 390 g/mol. The third-order valence-electron chi connectivity index (χ3n) is 5.41. The van der Waals surface area contributed by atoms with E-state index in [-0.39, 0.29) is 5.91 Å². The van der Waals surface area contributed by atoms with E-state index in [1.54, 1.807) is 10.9 Å². The fourth-order valence-corrected chi connectivity index (χ4v) is 4.10. The van der Waals surface area contributed by atoms with Crippen molar-refractivity contribution in [1.29, 1.82) is 0 Å². The quantitative estimate of drug-likeness (QED) is 0.584. The molecule has 0 aliphatic carbocycles. The van der Waals surface area contributed by atoms with Crippen LogP contribution in [0.2, 0.25) is 0 Å². The number of hydrogen-bond donors (Lipinski definition) is 1. The lowest BCUT2D eigenvalue weighted by Gasteiger charge is -2.35. The number of aryl methyl sites for hydroxylation is 1. The number of aliphatic imine (C=N–C) groups is 1. The molecule has 8 nitrogen and oxygen atoms in total. The summed E-state index contributed by atoms with van der Waals surface area (Å²) >= 11 is 0. The Kier molecular flexibility index (Phi) is 6.93. The molecule has 2 aliphatic rings. The van der Waals surface area contributed by atoms with E-state index in [9.17, 15) is 4.79 Å². The van der Waals surface area contributed by atoms with Gasteiger partial charge in [-0.3, -0.25) is 19.4 Å². The van der Waals surface area contributed by atoms with Crippen LogP contribution in [0.3, 0.4) is 0 Å². The highest BCUT2D eigenvalue weighted by molar-refractivity contribution is 5.98. The largest absolute Gasteiger partial charge is 0.357 e. The number of nitrogens with one attached hydrogen (secondary N) is 1. The van der Waals surface area contributed by atoms with E-state index in [0.29, 0.717) is 25.0 Å². The molecular formula is C20H35N7O. The number of nitrogens with zero attached hydrogens (tertiary/aromatic N) is 6. The minimum absolute atomic E-state index is 0.0900. The predicted molar refractivity (Wildman–Crippen MR) is 113 cm³/mol. The molecule has 1 aromatic rings. The molecule has 0 spiro atoms. The number of amides is 1. The molecule has 156 valence electrons. The standard InChI is InChI=1S/C20H35N7O/c1-5-21-20(22-11-17-7-6-8-25(17)13-16(2)3)26-9-10-27(19(28)15-26)18-12-23-24(4)14-18/h12,14,16-17H,5-11,13,15H2,1-4H3,(H,21,22)/t17-/m1/s1. The van der Waals surface area contributed by atoms with E-state index < -0.39 is 0 Å². The van der Waals surface area contributed by atoms with E-state index >= 15 is 0 Å². The van der Waals surface area contributed by atoms with Crippen LogP contribution in [0.4, 0.5) is 5.69 Å². The lowest BCUT2D eigenvalue weighted by molar-refractivity contribution is -0.120. The van der Waals surface area contributed by atoms with Gasteiger partial charge in [0.15, 0.2) is 5.96 Å². The van der Waals surface area contributed by atoms with Gasteiger partial charge in [-0.2, -0.15) is 5.10 Å². The summed E-state index contributed by atoms with van der Waals surface area (Å²) in [6.07, 6.45) is 6.10. The number of guanidine groups is 1. The Hall–Kier alpha value is -2.09. The number of carbonyl (C=O) groups is 1. The first-order valence-corrected chi connectivity index (χ1v) is 10.5. The minimum atomic E-state index is 0.0900. The van der Waals surface area contributed by atoms with Crippen LogP contribution in [-0.4, -0.2) is 83.3 Å². The van der Waals surface area contributed by atoms with Gasteiger partial charge in [0.2, 0.25) is 5.91 Å². The SMILES string of the molecule is CCNC(=NC[C@H]1CCCN1CC(C)C)N1CCN(c2cnn(C)c2)C(=O)C1. The zero-order valence-corrected chi connectivity index (χ0v) is 17.8. The van der Waals surface area contributed by atoms with Crippen molar-refractivity contribution in [3.05, 3.63) is 12.4 Å². The Morgan fingerprint density at radius 2 is 2.18 bits per heavy atom. The molecule has 0 radical (unpaired) electrons. The molecular weight excluding hydrogens is 354 g/mol. The van der Waals surface area contributed by atoms with Gasteiger partial charge in [0.25, 0.3) is 0 Å². The van der Waals surface area contributed by atoms with Gasteiger partial charge < -0.3 is 15.1 Å². The Balaban J connectivity index is 1.62. The first kappa shape index (κ1) is 20.6. The fourth-order valence-electron chi connectivity index (χ4n) is 4.10. The highest BCUT2D eigenvalue weighted by Gasteiger charge is 2.29. The summed E-state index contributed by atoms with van der Waals surface area (Å²) in [6, 6.07) is 0.517. The molecule has 3 heterocycles. The number of anilines is 1. The molecule has 0 aromatic carbocycles. The van der Waals surface area contributed by atoms with Gasteiger partial charge in [-0.25, -0.2) is 0 Å². The fraction of sp³-hybridized carbons (Fsp3) is 0.750. The maximum atomic E-state index is 12.7. The summed E-state index contributed by atoms with van der Waals surface area (Å²) in [7, 11) is 1.87. The number of rotatable bonds is 6. The molecule has 1 atom stereocenters. The number of likely N-dealkylation sites (tertiary alicyclic amines) is 1. The Morgan fingerprint density at radius 1 is 1.36 bits per heavy atom. The maximum absolute atomic E-state index is 12.7. The van der Waals surface area contributed by atoms with Gasteiger partial charge in [0, 0.05) is 45.5 Å². The summed E-state index contributed by atoms with van der Waals surface area (Å²) in [5.41, 5.74) is 0.865. The number of hydrogen-bond acceptors (Lipinski definition) is 4. The van der Waals surface area contributed by atoms with Crippen LogP contribution in [0.15, 0.2) is 17.4 Å². The number of aromatic nitrogens is 2. The van der Waals surface area contributed by atoms with Crippen molar-refractivity contribution < 1.29 is 4.79 Å². The van der Waals surface area contributed by atoms with Crippen molar-refractivity contribution >= 4 is 17.6 Å². The van der Waals surface area contributed by atoms with Gasteiger partial charge >= 0.3 is 0 Å². The van der Waals surface area contributed by atoms with Crippen LogP contribution in [0, 0.1) is 5.92 Å². The lowest BCUT2D eigenvalue weighted by atomic mass is 10.2. The van der Waals surface area contributed by atoms with Crippen molar-refractivity contribution in [1.82, 2.24) is 24.9 Å². The summed E-state index contributed by atoms with van der Waals surface area (Å²) in [5.74, 6) is 1.63. The van der Waals surface area contributed by atoms with Gasteiger partial charge in [-0.1, -0.05) is 13.8 Å². The summed E-state index contributed by atoms with van der Waals surface area (Å²) in [6.45, 7) is 12.3. The van der Waals surface area contributed by atoms with Crippen LogP contribution < -0.4 is 10.2 Å². The zero-order chi connectivity index (χ0) is 20.1. The second kappa shape index (κ2) is 9.41. The second-order valence-electron chi connectivity index (χ2n) is 8.22. The van der Waals surface area contributed by atoms with E-state index in [1.165, 1.54) is 19.4 Å². The van der Waals surface area contributed by atoms with Crippen molar-refractivity contribution in [2.24, 2.45) is 18.0 Å². The Morgan fingerprint density at radius 3 is 2.82 bits per heavy atom. The summed E-state index contributed by atoms with van der Waals surface area (Å²) in [5, 5.41) is 7.56. The molecule has 8 heteroatoms. The molecule has 0 saturated carbocycles. The minimum Gasteiger partial charge on any atom is -0.357 e. The normalized spacial score (nSPS) is 21.8. The molecule has 3 rings (SSSR count). The van der Waals surface area contributed by atoms with Crippen molar-refractivity contribution in [3.8, 4) is 0 Å². The van der Waals surface area contributed by atoms with Gasteiger partial charge in [-0.05, 0) is 32.2 Å². The first-order chi connectivity index (χ1) is 13.5. The molecule has 28 heavy (non-hydrogen) atoms. The summed E-state index contributed by atoms with van der Waals surface area (Å²) < 4.78 is 1.73. The second-order valence-corrected chi connectivity index (χ2v) is 8.22. The van der Waals surface area contributed by atoms with Crippen molar-refractivity contribution in [3.63, 3.8) is 0 Å². The lowest BCUT2D eigenvalue weighted by Crippen LogP contribution is -2.55. The molecule has 2 fully saturated rings. The van der Waals surface area contributed by atoms with Crippen LogP contribution in [0.25, 0.3) is 0 Å². The van der Waals surface area contributed by atoms with E-state index in [1.807, 2.05) is 18.1 Å². The smallest absolute Gasteiger partial charge is 0.246 e. The molecule has 2 aliphatic heterocycles. The van der Waals surface area contributed by atoms with Gasteiger partial charge in [0.05, 0.1) is 18.4 Å². The highest BCUT2D eigenvalue weighted by Crippen LogP contribution is 2.19. The third-order valence-corrected chi connectivity index (χ3v) is 5.41. The van der Waals surface area contributed by atoms with Gasteiger partial charge in [-0.15, -0.1) is 0 Å². The van der Waals surface area contributed by atoms with Crippen LogP contribution in [0.5, 0.6) is 0 Å². The Bertz CT molecular complexity index is 684. The van der Waals surface area contributed by atoms with Crippen LogP contribution in [0.1, 0.15) is 33.6 Å². The summed E-state index contributed by atoms with van der Waals surface area (Å²) in [4.78, 5) is 24.1. The van der Waals surface area contributed by atoms with E-state index in [0.717, 1.165) is 37.8 Å². The molecule has 1 N–H and O–H groups in total. The molecule has 0 bridgehead atoms. The maximum Gasteiger partial charge on any atom is 0.246 e. The molecule has 0 unspecified atom stereocenters. The van der Waals surface area contributed by atoms with Crippen molar-refractivity contribution in [2.45, 2.75) is 39.7 Å². The van der Waals surface area contributed by atoms with Crippen molar-refractivity contribution in [2.75, 3.05) is 50.7 Å². The molecule has 1 amide bonds. The van der Waals surface area contributed by atoms with Crippen LogP contribution in [-0.2, 0) is 11.8 Å². The Labute approximate surface area is 168 Å². The van der Waals surface area contributed by atoms with Gasteiger partial charge in [0.1, 0.15) is 6.54 Å². The zero-order valence-electron chi connectivity index (χ0n) is 17.8. The highest BCUT2D eigenvalue weighted by atomic mass is 16.2. The molecule has 1 aromatic heterocycles. The number of carbonyl (C=O) groups excluding carboxylic acids is 1.